The number of hydrogen-bond donors (Lipinski definition) is 1. The molecule has 5 aromatic rings. The number of benzene rings is 4. The zero-order valence-corrected chi connectivity index (χ0v) is 29.6. The Morgan fingerprint density at radius 1 is 0.907 bits per heavy atom. The number of aromatic nitrogens is 2. The van der Waals surface area contributed by atoms with Gasteiger partial charge in [0, 0.05) is 31.0 Å². The summed E-state index contributed by atoms with van der Waals surface area (Å²) in [5.41, 5.74) is 1.68. The Kier molecular flexibility index (Phi) is 12.6. The van der Waals surface area contributed by atoms with Crippen molar-refractivity contribution in [1.82, 2.24) is 20.4 Å². The minimum Gasteiger partial charge on any atom is -0.493 e. The number of ether oxygens (including phenoxy) is 2. The third kappa shape index (κ3) is 9.81. The Morgan fingerprint density at radius 2 is 1.56 bits per heavy atom. The van der Waals surface area contributed by atoms with E-state index in [0.29, 0.717) is 48.6 Å². The fraction of sp³-hybridized carbons (Fsp3) is 0.341. The molecule has 6 rings (SSSR count). The van der Waals surface area contributed by atoms with Crippen LogP contribution in [-0.2, 0) is 24.3 Å². The van der Waals surface area contributed by atoms with Crippen molar-refractivity contribution >= 4 is 5.91 Å². The van der Waals surface area contributed by atoms with Crippen molar-refractivity contribution < 1.29 is 40.7 Å². The van der Waals surface area contributed by atoms with Crippen molar-refractivity contribution in [3.05, 3.63) is 131 Å². The topological polar surface area (TPSA) is 89.7 Å². The van der Waals surface area contributed by atoms with Crippen LogP contribution in [0.15, 0.2) is 108 Å². The lowest BCUT2D eigenvalue weighted by atomic mass is 9.86. The average Bonchev–Trinajstić information content (AvgIpc) is 3.68. The van der Waals surface area contributed by atoms with Gasteiger partial charge in [-0.1, -0.05) is 78.8 Å². The third-order valence-corrected chi connectivity index (χ3v) is 9.68. The summed E-state index contributed by atoms with van der Waals surface area (Å²) in [6.45, 7) is 2.55. The maximum atomic E-state index is 14.2. The summed E-state index contributed by atoms with van der Waals surface area (Å²) < 4.78 is 83.7. The maximum absolute atomic E-state index is 14.2. The first-order valence-electron chi connectivity index (χ1n) is 17.8. The number of rotatable bonds is 15. The number of carbonyl (C=O) groups is 1. The molecule has 1 unspecified atom stereocenters. The lowest BCUT2D eigenvalue weighted by Crippen LogP contribution is -2.48. The van der Waals surface area contributed by atoms with Crippen molar-refractivity contribution in [3.63, 3.8) is 0 Å². The predicted molar refractivity (Wildman–Crippen MR) is 192 cm³/mol. The largest absolute Gasteiger partial charge is 0.493 e. The highest BCUT2D eigenvalue weighted by Crippen LogP contribution is 2.34. The zero-order chi connectivity index (χ0) is 38.1. The van der Waals surface area contributed by atoms with Gasteiger partial charge in [0.15, 0.2) is 6.04 Å². The molecule has 1 N–H and O–H groups in total. The van der Waals surface area contributed by atoms with Crippen LogP contribution in [0.4, 0.5) is 22.0 Å². The van der Waals surface area contributed by atoms with Crippen LogP contribution in [0.3, 0.4) is 0 Å². The number of halogens is 5. The van der Waals surface area contributed by atoms with Gasteiger partial charge in [0.05, 0.1) is 12.2 Å². The highest BCUT2D eigenvalue weighted by molar-refractivity contribution is 5.82. The Hall–Kier alpha value is -5.30. The molecule has 4 aromatic carbocycles. The molecule has 13 heteroatoms. The minimum absolute atomic E-state index is 0.0325. The Morgan fingerprint density at radius 3 is 2.20 bits per heavy atom. The number of nitrogens with zero attached hydrogens (tertiary/aromatic N) is 3. The molecule has 0 bridgehead atoms. The van der Waals surface area contributed by atoms with Gasteiger partial charge in [-0.05, 0) is 72.0 Å². The molecule has 1 fully saturated rings. The van der Waals surface area contributed by atoms with E-state index in [4.69, 9.17) is 14.0 Å². The Bertz CT molecular complexity index is 1920. The van der Waals surface area contributed by atoms with E-state index < -0.39 is 37.2 Å². The van der Waals surface area contributed by atoms with Gasteiger partial charge in [0.1, 0.15) is 31.0 Å². The van der Waals surface area contributed by atoms with Crippen LogP contribution in [0, 0.1) is 11.8 Å². The molecule has 54 heavy (non-hydrogen) atoms. The van der Waals surface area contributed by atoms with E-state index in [1.807, 2.05) is 35.2 Å². The summed E-state index contributed by atoms with van der Waals surface area (Å²) in [5.74, 6) is 1.15. The first-order chi connectivity index (χ1) is 26.1. The van der Waals surface area contributed by atoms with Crippen molar-refractivity contribution in [2.45, 2.75) is 51.4 Å². The quantitative estimate of drug-likeness (QED) is 0.107. The van der Waals surface area contributed by atoms with Crippen LogP contribution in [0.25, 0.3) is 11.4 Å². The second kappa shape index (κ2) is 17.7. The van der Waals surface area contributed by atoms with Crippen LogP contribution in [-0.4, -0.2) is 47.2 Å². The van der Waals surface area contributed by atoms with Crippen LogP contribution in [0.2, 0.25) is 0 Å². The van der Waals surface area contributed by atoms with E-state index >= 15 is 0 Å². The third-order valence-electron chi connectivity index (χ3n) is 9.68. The van der Waals surface area contributed by atoms with Gasteiger partial charge in [0.25, 0.3) is 5.89 Å². The molecule has 4 atom stereocenters. The number of alkyl halides is 5. The number of carbonyl (C=O) groups excluding carboxylic acids is 1. The standard InChI is InChI=1S/C41H41F5N4O4/c1-27-20-22-50(25-32(27)26-52-34-15-9-29(24-43)10-16-34)37(40-48-38(49-54-40)31-11-7-28(23-42)8-12-31)39(51)47-21-19-36(30-5-3-2-4-6-30)53-35-17-13-33(14-18-35)41(44,45)46/h2-18,27,32,36-37H,19-26H2,1H3,(H,47,51)/t27-,32+,36+,37?/m0/s1. The van der Waals surface area contributed by atoms with Crippen molar-refractivity contribution in [2.24, 2.45) is 11.8 Å². The van der Waals surface area contributed by atoms with E-state index in [9.17, 15) is 26.7 Å². The van der Waals surface area contributed by atoms with Crippen molar-refractivity contribution in [3.8, 4) is 22.9 Å². The monoisotopic (exact) mass is 748 g/mol. The number of nitrogens with one attached hydrogen (secondary N) is 1. The lowest BCUT2D eigenvalue weighted by Gasteiger charge is -2.39. The molecule has 8 nitrogen and oxygen atoms in total. The van der Waals surface area contributed by atoms with Gasteiger partial charge in [-0.15, -0.1) is 0 Å². The fourth-order valence-corrected chi connectivity index (χ4v) is 6.42. The number of amides is 1. The molecule has 0 aliphatic carbocycles. The van der Waals surface area contributed by atoms with Gasteiger partial charge < -0.3 is 19.3 Å². The van der Waals surface area contributed by atoms with Gasteiger partial charge >= 0.3 is 6.18 Å². The SMILES string of the molecule is C[C@H]1CCN(C(C(=O)NCC[C@@H](Oc2ccc(C(F)(F)F)cc2)c2ccccc2)c2nc(-c3ccc(CF)cc3)no2)C[C@@H]1COc1ccc(CF)cc1. The number of piperidine rings is 1. The van der Waals surface area contributed by atoms with Crippen LogP contribution in [0.5, 0.6) is 11.5 Å². The van der Waals surface area contributed by atoms with Crippen LogP contribution >= 0.6 is 0 Å². The summed E-state index contributed by atoms with van der Waals surface area (Å²) in [6, 6.07) is 26.2. The molecule has 1 amide bonds. The van der Waals surface area contributed by atoms with Gasteiger partial charge in [-0.2, -0.15) is 18.2 Å². The number of hydrogen-bond acceptors (Lipinski definition) is 7. The molecule has 1 aromatic heterocycles. The fourth-order valence-electron chi connectivity index (χ4n) is 6.42. The Labute approximate surface area is 310 Å². The summed E-state index contributed by atoms with van der Waals surface area (Å²) in [4.78, 5) is 20.8. The molecule has 1 aliphatic rings. The van der Waals surface area contributed by atoms with E-state index in [-0.39, 0.29) is 41.8 Å². The molecule has 1 saturated heterocycles. The van der Waals surface area contributed by atoms with Crippen molar-refractivity contribution in [2.75, 3.05) is 26.2 Å². The van der Waals surface area contributed by atoms with E-state index in [2.05, 4.69) is 22.4 Å². The predicted octanol–water partition coefficient (Wildman–Crippen LogP) is 9.10. The Balaban J connectivity index is 1.19. The summed E-state index contributed by atoms with van der Waals surface area (Å²) in [5, 5.41) is 7.16. The molecule has 0 radical (unpaired) electrons. The summed E-state index contributed by atoms with van der Waals surface area (Å²) in [6.07, 6.45) is -3.99. The molecule has 0 saturated carbocycles. The summed E-state index contributed by atoms with van der Waals surface area (Å²) >= 11 is 0. The first kappa shape index (κ1) is 38.4. The molecular formula is C41H41F5N4O4. The average molecular weight is 749 g/mol. The van der Waals surface area contributed by atoms with Gasteiger partial charge in [-0.25, -0.2) is 8.78 Å². The smallest absolute Gasteiger partial charge is 0.416 e. The molecule has 1 aliphatic heterocycles. The zero-order valence-electron chi connectivity index (χ0n) is 29.6. The lowest BCUT2D eigenvalue weighted by molar-refractivity contribution is -0.137. The molecular weight excluding hydrogens is 707 g/mol. The van der Waals surface area contributed by atoms with Crippen LogP contribution in [0.1, 0.15) is 60.1 Å². The van der Waals surface area contributed by atoms with Gasteiger partial charge in [0.2, 0.25) is 11.7 Å². The second-order valence-corrected chi connectivity index (χ2v) is 13.4. The van der Waals surface area contributed by atoms with Crippen LogP contribution < -0.4 is 14.8 Å². The van der Waals surface area contributed by atoms with E-state index in [0.717, 1.165) is 24.1 Å². The molecule has 0 spiro atoms. The second-order valence-electron chi connectivity index (χ2n) is 13.4. The molecule has 2 heterocycles. The maximum Gasteiger partial charge on any atom is 0.416 e. The normalized spacial score (nSPS) is 17.4. The molecule has 284 valence electrons. The minimum atomic E-state index is -4.47. The van der Waals surface area contributed by atoms with Gasteiger partial charge in [-0.3, -0.25) is 9.69 Å². The first-order valence-corrected chi connectivity index (χ1v) is 17.8. The van der Waals surface area contributed by atoms with E-state index in [1.54, 1.807) is 48.5 Å². The summed E-state index contributed by atoms with van der Waals surface area (Å²) in [7, 11) is 0. The highest BCUT2D eigenvalue weighted by atomic mass is 19.4. The van der Waals surface area contributed by atoms with Crippen molar-refractivity contribution in [1.29, 1.82) is 0 Å². The number of likely N-dealkylation sites (tertiary alicyclic amines) is 1. The van der Waals surface area contributed by atoms with E-state index in [1.165, 1.54) is 12.1 Å². The highest BCUT2D eigenvalue weighted by Gasteiger charge is 2.38.